The predicted octanol–water partition coefficient (Wildman–Crippen LogP) is 6.07. The molecule has 34 heavy (non-hydrogen) atoms. The summed E-state index contributed by atoms with van der Waals surface area (Å²) in [5.74, 6) is 0. The maximum absolute atomic E-state index is 15.4. The molecular formula is C30H19N2OP. The first-order valence-electron chi connectivity index (χ1n) is 11.3. The first-order valence-corrected chi connectivity index (χ1v) is 13.0. The molecule has 0 amide bonds. The van der Waals surface area contributed by atoms with Gasteiger partial charge in [0.15, 0.2) is 7.14 Å². The van der Waals surface area contributed by atoms with Gasteiger partial charge in [-0.25, -0.2) is 0 Å². The molecule has 1 atom stereocenters. The second-order valence-electron chi connectivity index (χ2n) is 8.57. The molecule has 0 spiro atoms. The molecule has 7 rings (SSSR count). The zero-order valence-electron chi connectivity index (χ0n) is 18.2. The molecule has 1 aliphatic heterocycles. The summed E-state index contributed by atoms with van der Waals surface area (Å²) in [5.41, 5.74) is 5.04. The van der Waals surface area contributed by atoms with E-state index in [9.17, 15) is 0 Å². The lowest BCUT2D eigenvalue weighted by Gasteiger charge is -2.22. The fraction of sp³-hybridized carbons (Fsp3) is 0. The summed E-state index contributed by atoms with van der Waals surface area (Å²) in [6.07, 6.45) is 1.74. The Labute approximate surface area is 197 Å². The van der Waals surface area contributed by atoms with E-state index in [2.05, 4.69) is 40.5 Å². The largest absolute Gasteiger partial charge is 0.309 e. The minimum atomic E-state index is -3.16. The van der Waals surface area contributed by atoms with Crippen LogP contribution in [0.5, 0.6) is 0 Å². The van der Waals surface area contributed by atoms with E-state index in [0.717, 1.165) is 59.8 Å². The highest BCUT2D eigenvalue weighted by Crippen LogP contribution is 2.54. The van der Waals surface area contributed by atoms with Crippen LogP contribution in [0.3, 0.4) is 0 Å². The van der Waals surface area contributed by atoms with Gasteiger partial charge >= 0.3 is 0 Å². The molecule has 0 saturated carbocycles. The van der Waals surface area contributed by atoms with Crippen molar-refractivity contribution in [3.8, 4) is 22.3 Å². The Bertz CT molecular complexity index is 1680. The van der Waals surface area contributed by atoms with Crippen molar-refractivity contribution in [1.82, 2.24) is 10.2 Å². The lowest BCUT2D eigenvalue weighted by atomic mass is 9.87. The van der Waals surface area contributed by atoms with Crippen molar-refractivity contribution in [1.29, 1.82) is 0 Å². The highest BCUT2D eigenvalue weighted by Gasteiger charge is 2.38. The van der Waals surface area contributed by atoms with Crippen LogP contribution in [0.15, 0.2) is 115 Å². The quantitative estimate of drug-likeness (QED) is 0.223. The first kappa shape index (κ1) is 19.4. The average Bonchev–Trinajstić information content (AvgIpc) is 3.02. The van der Waals surface area contributed by atoms with E-state index in [0.29, 0.717) is 0 Å². The molecule has 0 aliphatic carbocycles. The third-order valence-corrected chi connectivity index (χ3v) is 10.00. The van der Waals surface area contributed by atoms with E-state index in [1.54, 1.807) is 6.20 Å². The minimum absolute atomic E-state index is 0.844. The molecule has 0 radical (unpaired) electrons. The van der Waals surface area contributed by atoms with Crippen LogP contribution in [-0.4, -0.2) is 10.2 Å². The Kier molecular flexibility index (Phi) is 4.12. The van der Waals surface area contributed by atoms with Gasteiger partial charge < -0.3 is 4.57 Å². The van der Waals surface area contributed by atoms with E-state index in [1.165, 1.54) is 0 Å². The van der Waals surface area contributed by atoms with Crippen LogP contribution >= 0.6 is 7.14 Å². The van der Waals surface area contributed by atoms with E-state index in [1.807, 2.05) is 78.9 Å². The topological polar surface area (TPSA) is 42.9 Å². The maximum atomic E-state index is 15.4. The second-order valence-corrected chi connectivity index (χ2v) is 11.3. The molecule has 4 heteroatoms. The number of hydrogen-bond acceptors (Lipinski definition) is 3. The first-order chi connectivity index (χ1) is 16.8. The van der Waals surface area contributed by atoms with E-state index in [4.69, 9.17) is 0 Å². The Morgan fingerprint density at radius 3 is 1.79 bits per heavy atom. The average molecular weight is 454 g/mol. The van der Waals surface area contributed by atoms with E-state index in [-0.39, 0.29) is 0 Å². The number of fused-ring (bicyclic) bond motifs is 10. The second kappa shape index (κ2) is 7.21. The Morgan fingerprint density at radius 1 is 0.529 bits per heavy atom. The molecule has 3 nitrogen and oxygen atoms in total. The van der Waals surface area contributed by atoms with Gasteiger partial charge in [-0.2, -0.15) is 5.10 Å². The van der Waals surface area contributed by atoms with E-state index < -0.39 is 7.14 Å². The van der Waals surface area contributed by atoms with Crippen molar-refractivity contribution in [2.75, 3.05) is 0 Å². The van der Waals surface area contributed by atoms with Gasteiger partial charge in [0, 0.05) is 32.2 Å². The Hall–Kier alpha value is -4.07. The summed E-state index contributed by atoms with van der Waals surface area (Å²) in [5, 5.41) is 14.5. The zero-order chi connectivity index (χ0) is 22.7. The smallest absolute Gasteiger partial charge is 0.172 e. The van der Waals surface area contributed by atoms with Gasteiger partial charge in [-0.05, 0) is 28.1 Å². The van der Waals surface area contributed by atoms with Gasteiger partial charge in [-0.3, -0.25) is 0 Å². The third kappa shape index (κ3) is 2.50. The van der Waals surface area contributed by atoms with Crippen molar-refractivity contribution >= 4 is 44.7 Å². The fourth-order valence-electron chi connectivity index (χ4n) is 5.43. The summed E-state index contributed by atoms with van der Waals surface area (Å²) < 4.78 is 15.4. The number of benzene rings is 5. The highest BCUT2D eigenvalue weighted by atomic mass is 31.2. The van der Waals surface area contributed by atoms with Gasteiger partial charge in [0.2, 0.25) is 0 Å². The Balaban J connectivity index is 1.80. The molecular weight excluding hydrogens is 435 g/mol. The number of aromatic nitrogens is 2. The van der Waals surface area contributed by atoms with Crippen molar-refractivity contribution in [2.24, 2.45) is 0 Å². The minimum Gasteiger partial charge on any atom is -0.309 e. The van der Waals surface area contributed by atoms with Gasteiger partial charge in [-0.15, -0.1) is 5.10 Å². The van der Waals surface area contributed by atoms with Crippen LogP contribution in [-0.2, 0) is 4.57 Å². The number of hydrogen-bond donors (Lipinski definition) is 0. The van der Waals surface area contributed by atoms with Crippen molar-refractivity contribution in [2.45, 2.75) is 0 Å². The summed E-state index contributed by atoms with van der Waals surface area (Å²) in [6.45, 7) is 0. The standard InChI is InChI=1S/C30H19N2OP/c33-34(20-10-2-1-3-11-20)26-16-8-6-14-23(26)28-21-12-4-5-13-22(21)30-25(18-19-31-32-30)29(28)24-15-7-9-17-27(24)34/h1-19H. The SMILES string of the molecule is O=P1(c2ccccc2)c2ccccc2-c2c(c3ccnnc3c3ccccc23)-c2ccccc21. The zero-order valence-corrected chi connectivity index (χ0v) is 19.1. The van der Waals surface area contributed by atoms with Crippen LogP contribution in [0, 0.1) is 0 Å². The van der Waals surface area contributed by atoms with Gasteiger partial charge in [0.25, 0.3) is 0 Å². The molecule has 0 N–H and O–H groups in total. The van der Waals surface area contributed by atoms with Crippen LogP contribution < -0.4 is 15.9 Å². The summed E-state index contributed by atoms with van der Waals surface area (Å²) in [4.78, 5) is 0. The molecule has 1 aromatic heterocycles. The number of nitrogens with zero attached hydrogens (tertiary/aromatic N) is 2. The molecule has 2 heterocycles. The number of rotatable bonds is 1. The van der Waals surface area contributed by atoms with Gasteiger partial charge in [0.1, 0.15) is 5.52 Å². The monoisotopic (exact) mass is 454 g/mol. The van der Waals surface area contributed by atoms with Crippen LogP contribution in [0.25, 0.3) is 43.9 Å². The lowest BCUT2D eigenvalue weighted by Crippen LogP contribution is -2.26. The molecule has 0 saturated heterocycles. The Morgan fingerprint density at radius 2 is 1.09 bits per heavy atom. The molecule has 0 fully saturated rings. The van der Waals surface area contributed by atoms with Crippen molar-refractivity contribution < 1.29 is 4.57 Å². The summed E-state index contributed by atoms with van der Waals surface area (Å²) in [6, 6.07) is 36.6. The third-order valence-electron chi connectivity index (χ3n) is 6.84. The highest BCUT2D eigenvalue weighted by molar-refractivity contribution is 7.85. The maximum Gasteiger partial charge on any atom is 0.172 e. The van der Waals surface area contributed by atoms with Crippen molar-refractivity contribution in [3.05, 3.63) is 115 Å². The molecule has 160 valence electrons. The van der Waals surface area contributed by atoms with Crippen LogP contribution in [0.2, 0.25) is 0 Å². The normalized spacial score (nSPS) is 16.5. The molecule has 6 aromatic rings. The van der Waals surface area contributed by atoms with Crippen LogP contribution in [0.4, 0.5) is 0 Å². The molecule has 1 aliphatic rings. The molecule has 0 bridgehead atoms. The fourth-order valence-corrected chi connectivity index (χ4v) is 8.49. The molecule has 5 aromatic carbocycles. The summed E-state index contributed by atoms with van der Waals surface area (Å²) >= 11 is 0. The van der Waals surface area contributed by atoms with Crippen molar-refractivity contribution in [3.63, 3.8) is 0 Å². The van der Waals surface area contributed by atoms with Gasteiger partial charge in [0.05, 0.1) is 6.20 Å². The summed E-state index contributed by atoms with van der Waals surface area (Å²) in [7, 11) is -3.16. The molecule has 1 unspecified atom stereocenters. The lowest BCUT2D eigenvalue weighted by molar-refractivity contribution is 0.592. The predicted molar refractivity (Wildman–Crippen MR) is 141 cm³/mol. The van der Waals surface area contributed by atoms with E-state index >= 15 is 4.57 Å². The van der Waals surface area contributed by atoms with Gasteiger partial charge in [-0.1, -0.05) is 103 Å². The van der Waals surface area contributed by atoms with Crippen LogP contribution in [0.1, 0.15) is 0 Å².